The van der Waals surface area contributed by atoms with Gasteiger partial charge in [-0.1, -0.05) is 84.9 Å². The first-order valence-corrected chi connectivity index (χ1v) is 13.7. The van der Waals surface area contributed by atoms with E-state index in [0.717, 1.165) is 65.8 Å². The van der Waals surface area contributed by atoms with Gasteiger partial charge in [0, 0.05) is 44.4 Å². The summed E-state index contributed by atoms with van der Waals surface area (Å²) in [5.41, 5.74) is 5.65. The molecule has 0 aliphatic carbocycles. The Morgan fingerprint density at radius 1 is 0.429 bits per heavy atom. The van der Waals surface area contributed by atoms with Crippen LogP contribution < -0.4 is 0 Å². The van der Waals surface area contributed by atoms with E-state index in [1.807, 2.05) is 85.1 Å². The van der Waals surface area contributed by atoms with Crippen LogP contribution in [0.15, 0.2) is 130 Å². The highest BCUT2D eigenvalue weighted by molar-refractivity contribution is 6.15. The maximum atomic E-state index is 6.30. The second-order valence-corrected chi connectivity index (χ2v) is 10.3. The van der Waals surface area contributed by atoms with E-state index in [-0.39, 0.29) is 0 Å². The van der Waals surface area contributed by atoms with Crippen molar-refractivity contribution in [3.63, 3.8) is 0 Å². The predicted octanol–water partition coefficient (Wildman–Crippen LogP) is 9.22. The van der Waals surface area contributed by atoms with Crippen LogP contribution in [0, 0.1) is 0 Å². The third-order valence-electron chi connectivity index (χ3n) is 7.80. The zero-order valence-electron chi connectivity index (χ0n) is 22.2. The summed E-state index contributed by atoms with van der Waals surface area (Å²) in [6.07, 6.45) is 3.57. The number of furan rings is 2. The lowest BCUT2D eigenvalue weighted by atomic mass is 10.0. The lowest BCUT2D eigenvalue weighted by Gasteiger charge is -2.09. The maximum Gasteiger partial charge on any atom is 0.166 e. The van der Waals surface area contributed by atoms with Gasteiger partial charge < -0.3 is 8.83 Å². The summed E-state index contributed by atoms with van der Waals surface area (Å²) >= 11 is 0. The molecule has 0 bridgehead atoms. The van der Waals surface area contributed by atoms with E-state index in [2.05, 4.69) is 35.3 Å². The Balaban J connectivity index is 1.36. The Labute approximate surface area is 238 Å². The highest BCUT2D eigenvalue weighted by Gasteiger charge is 2.20. The van der Waals surface area contributed by atoms with E-state index >= 15 is 0 Å². The molecule has 0 spiro atoms. The van der Waals surface area contributed by atoms with Crippen molar-refractivity contribution in [2.45, 2.75) is 0 Å². The fraction of sp³-hybridized carbons (Fsp3) is 0. The Bertz CT molecular complexity index is 2480. The number of pyridine rings is 1. The van der Waals surface area contributed by atoms with E-state index < -0.39 is 0 Å². The van der Waals surface area contributed by atoms with Crippen LogP contribution in [-0.4, -0.2) is 19.9 Å². The van der Waals surface area contributed by atoms with Crippen molar-refractivity contribution < 1.29 is 8.83 Å². The molecule has 0 aliphatic rings. The molecule has 0 atom stereocenters. The van der Waals surface area contributed by atoms with E-state index in [4.69, 9.17) is 23.8 Å². The van der Waals surface area contributed by atoms with Crippen molar-refractivity contribution in [3.05, 3.63) is 122 Å². The average molecular weight is 541 g/mol. The molecule has 4 heterocycles. The molecule has 9 aromatic rings. The van der Waals surface area contributed by atoms with Gasteiger partial charge in [-0.05, 0) is 35.0 Å². The van der Waals surface area contributed by atoms with Gasteiger partial charge in [-0.25, -0.2) is 15.0 Å². The minimum absolute atomic E-state index is 0.526. The summed E-state index contributed by atoms with van der Waals surface area (Å²) in [4.78, 5) is 19.6. The predicted molar refractivity (Wildman–Crippen MR) is 166 cm³/mol. The van der Waals surface area contributed by atoms with Crippen LogP contribution in [0.1, 0.15) is 0 Å². The van der Waals surface area contributed by atoms with Gasteiger partial charge in [-0.15, -0.1) is 0 Å². The largest absolute Gasteiger partial charge is 0.456 e. The lowest BCUT2D eigenvalue weighted by molar-refractivity contribution is 0.667. The highest BCUT2D eigenvalue weighted by atomic mass is 16.3. The van der Waals surface area contributed by atoms with Gasteiger partial charge in [0.15, 0.2) is 23.1 Å². The molecule has 0 aliphatic heterocycles. The number of fused-ring (bicyclic) bond motifs is 7. The van der Waals surface area contributed by atoms with E-state index in [1.165, 1.54) is 0 Å². The van der Waals surface area contributed by atoms with Gasteiger partial charge in [0.05, 0.1) is 6.20 Å². The smallest absolute Gasteiger partial charge is 0.166 e. The van der Waals surface area contributed by atoms with E-state index in [1.54, 1.807) is 6.20 Å². The molecule has 0 saturated carbocycles. The first-order chi connectivity index (χ1) is 20.8. The number of para-hydroxylation sites is 1. The molecule has 5 aromatic carbocycles. The Kier molecular flexibility index (Phi) is 4.80. The molecule has 42 heavy (non-hydrogen) atoms. The molecule has 0 unspecified atom stereocenters. The van der Waals surface area contributed by atoms with Crippen LogP contribution in [0.25, 0.3) is 88.8 Å². The molecule has 0 radical (unpaired) electrons. The SMILES string of the molecule is c1ccc(-c2nc(-c3cccc4oc5ccccc5c34)nc(-c3cncc4oc5cc6ccccc6cc5c34)n2)cc1. The molecular weight excluding hydrogens is 520 g/mol. The van der Waals surface area contributed by atoms with Crippen LogP contribution in [0.2, 0.25) is 0 Å². The van der Waals surface area contributed by atoms with Crippen molar-refractivity contribution in [2.75, 3.05) is 0 Å². The summed E-state index contributed by atoms with van der Waals surface area (Å²) in [7, 11) is 0. The maximum absolute atomic E-state index is 6.30. The van der Waals surface area contributed by atoms with Crippen molar-refractivity contribution in [3.8, 4) is 34.2 Å². The topological polar surface area (TPSA) is 77.8 Å². The van der Waals surface area contributed by atoms with Crippen LogP contribution in [0.5, 0.6) is 0 Å². The zero-order chi connectivity index (χ0) is 27.6. The molecule has 0 amide bonds. The molecule has 9 rings (SSSR count). The van der Waals surface area contributed by atoms with Crippen LogP contribution in [-0.2, 0) is 0 Å². The molecule has 0 fully saturated rings. The Hall–Kier alpha value is -5.88. The van der Waals surface area contributed by atoms with Crippen LogP contribution in [0.3, 0.4) is 0 Å². The Morgan fingerprint density at radius 3 is 1.98 bits per heavy atom. The third kappa shape index (κ3) is 3.45. The fourth-order valence-electron chi connectivity index (χ4n) is 5.88. The molecule has 6 nitrogen and oxygen atoms in total. The average Bonchev–Trinajstić information content (AvgIpc) is 3.61. The van der Waals surface area contributed by atoms with Gasteiger partial charge in [0.25, 0.3) is 0 Å². The highest BCUT2D eigenvalue weighted by Crippen LogP contribution is 2.39. The monoisotopic (exact) mass is 540 g/mol. The summed E-state index contributed by atoms with van der Waals surface area (Å²) in [6, 6.07) is 36.5. The van der Waals surface area contributed by atoms with Crippen molar-refractivity contribution >= 4 is 54.6 Å². The van der Waals surface area contributed by atoms with Gasteiger partial charge >= 0.3 is 0 Å². The second kappa shape index (κ2) is 8.81. The number of hydrogen-bond donors (Lipinski definition) is 0. The van der Waals surface area contributed by atoms with Crippen LogP contribution >= 0.6 is 0 Å². The van der Waals surface area contributed by atoms with E-state index in [0.29, 0.717) is 23.1 Å². The van der Waals surface area contributed by atoms with Gasteiger partial charge in [0.1, 0.15) is 16.7 Å². The van der Waals surface area contributed by atoms with E-state index in [9.17, 15) is 0 Å². The number of rotatable bonds is 3. The van der Waals surface area contributed by atoms with Crippen molar-refractivity contribution in [2.24, 2.45) is 0 Å². The third-order valence-corrected chi connectivity index (χ3v) is 7.80. The van der Waals surface area contributed by atoms with Crippen molar-refractivity contribution in [1.29, 1.82) is 0 Å². The standard InChI is InChI=1S/C36H20N4O2/c1-2-9-21(10-3-1)34-38-35(25-14-8-16-29-32(25)24-13-6-7-15-28(24)41-29)40-36(39-34)27-19-37-20-31-33(27)26-17-22-11-4-5-12-23(22)18-30(26)42-31/h1-20H. The zero-order valence-corrected chi connectivity index (χ0v) is 22.2. The quantitative estimate of drug-likeness (QED) is 0.222. The molecular formula is C36H20N4O2. The second-order valence-electron chi connectivity index (χ2n) is 10.3. The number of nitrogens with zero attached hydrogens (tertiary/aromatic N) is 4. The normalized spacial score (nSPS) is 11.8. The number of benzene rings is 5. The van der Waals surface area contributed by atoms with Gasteiger partial charge in [0.2, 0.25) is 0 Å². The molecule has 6 heteroatoms. The van der Waals surface area contributed by atoms with Gasteiger partial charge in [-0.2, -0.15) is 0 Å². The fourth-order valence-corrected chi connectivity index (χ4v) is 5.88. The molecule has 0 saturated heterocycles. The molecule has 196 valence electrons. The first kappa shape index (κ1) is 22.9. The lowest BCUT2D eigenvalue weighted by Crippen LogP contribution is -2.01. The molecule has 4 aromatic heterocycles. The van der Waals surface area contributed by atoms with Crippen molar-refractivity contribution in [1.82, 2.24) is 19.9 Å². The van der Waals surface area contributed by atoms with Gasteiger partial charge in [-0.3, -0.25) is 4.98 Å². The minimum Gasteiger partial charge on any atom is -0.456 e. The summed E-state index contributed by atoms with van der Waals surface area (Å²) in [6.45, 7) is 0. The Morgan fingerprint density at radius 2 is 1.10 bits per heavy atom. The molecule has 0 N–H and O–H groups in total. The first-order valence-electron chi connectivity index (χ1n) is 13.7. The number of aromatic nitrogens is 4. The number of hydrogen-bond acceptors (Lipinski definition) is 6. The summed E-state index contributed by atoms with van der Waals surface area (Å²) < 4.78 is 12.5. The summed E-state index contributed by atoms with van der Waals surface area (Å²) in [5, 5.41) is 6.16. The van der Waals surface area contributed by atoms with Crippen LogP contribution in [0.4, 0.5) is 0 Å². The summed E-state index contributed by atoms with van der Waals surface area (Å²) in [5.74, 6) is 1.67. The minimum atomic E-state index is 0.526.